The van der Waals surface area contributed by atoms with Crippen molar-refractivity contribution in [2.45, 2.75) is 6.54 Å². The molecule has 0 spiro atoms. The summed E-state index contributed by atoms with van der Waals surface area (Å²) in [5.41, 5.74) is 5.19. The van der Waals surface area contributed by atoms with E-state index in [0.717, 1.165) is 18.2 Å². The Morgan fingerprint density at radius 2 is 1.75 bits per heavy atom. The molecule has 0 bridgehead atoms. The Hall–Kier alpha value is -1.82. The number of nitrogens with one attached hydrogen (secondary N) is 1. The molecule has 1 rings (SSSR count). The van der Waals surface area contributed by atoms with Gasteiger partial charge in [-0.15, -0.1) is 0 Å². The van der Waals surface area contributed by atoms with Crippen LogP contribution in [0.25, 0.3) is 0 Å². The first-order valence-electron chi connectivity index (χ1n) is 4.49. The molecule has 86 valence electrons. The van der Waals surface area contributed by atoms with Crippen LogP contribution in [0, 0.1) is 11.6 Å². The molecule has 0 radical (unpaired) electrons. The zero-order chi connectivity index (χ0) is 12.1. The predicted octanol–water partition coefficient (Wildman–Crippen LogP) is 0.109. The van der Waals surface area contributed by atoms with Crippen LogP contribution >= 0.6 is 0 Å². The minimum Gasteiger partial charge on any atom is -0.345 e. The molecule has 0 saturated carbocycles. The van der Waals surface area contributed by atoms with Gasteiger partial charge in [-0.05, 0) is 17.7 Å². The number of carbonyl (C=O) groups is 2. The predicted molar refractivity (Wildman–Crippen MR) is 52.3 cm³/mol. The van der Waals surface area contributed by atoms with Gasteiger partial charge in [-0.1, -0.05) is 0 Å². The second-order valence-corrected chi connectivity index (χ2v) is 3.09. The van der Waals surface area contributed by atoms with Crippen molar-refractivity contribution in [1.82, 2.24) is 5.32 Å². The van der Waals surface area contributed by atoms with Crippen LogP contribution in [-0.2, 0) is 16.1 Å². The van der Waals surface area contributed by atoms with Crippen molar-refractivity contribution in [2.75, 3.05) is 6.54 Å². The highest BCUT2D eigenvalue weighted by Crippen LogP contribution is 2.07. The molecule has 0 aromatic heterocycles. The normalized spacial score (nSPS) is 9.94. The van der Waals surface area contributed by atoms with Gasteiger partial charge < -0.3 is 11.1 Å². The number of Topliss-reactive ketones (excluding diaryl/α,β-unsaturated/α-hetero) is 1. The Morgan fingerprint density at radius 1 is 1.19 bits per heavy atom. The molecule has 16 heavy (non-hydrogen) atoms. The van der Waals surface area contributed by atoms with Gasteiger partial charge in [0.2, 0.25) is 5.78 Å². The Balaban J connectivity index is 2.61. The Bertz CT molecular complexity index is 401. The van der Waals surface area contributed by atoms with E-state index >= 15 is 0 Å². The summed E-state index contributed by atoms with van der Waals surface area (Å²) in [6, 6.07) is 2.85. The lowest BCUT2D eigenvalue weighted by Gasteiger charge is -2.04. The van der Waals surface area contributed by atoms with Crippen molar-refractivity contribution in [3.05, 3.63) is 35.4 Å². The van der Waals surface area contributed by atoms with Gasteiger partial charge >= 0.3 is 0 Å². The molecule has 1 aromatic carbocycles. The monoisotopic (exact) mass is 228 g/mol. The first-order valence-corrected chi connectivity index (χ1v) is 4.49. The second kappa shape index (κ2) is 5.32. The van der Waals surface area contributed by atoms with E-state index in [0.29, 0.717) is 0 Å². The molecule has 4 nitrogen and oxygen atoms in total. The standard InChI is InChI=1S/C10H10F2N2O2/c11-7-1-6(2-8(12)3-7)5-14-10(16)9(15)4-13/h1-3H,4-5,13H2,(H,14,16). The molecular weight excluding hydrogens is 218 g/mol. The lowest BCUT2D eigenvalue weighted by molar-refractivity contribution is -0.137. The third-order valence-electron chi connectivity index (χ3n) is 1.81. The van der Waals surface area contributed by atoms with E-state index in [2.05, 4.69) is 5.32 Å². The van der Waals surface area contributed by atoms with Crippen LogP contribution in [0.2, 0.25) is 0 Å². The molecular formula is C10H10F2N2O2. The summed E-state index contributed by atoms with van der Waals surface area (Å²) in [6.07, 6.45) is 0. The lowest BCUT2D eigenvalue weighted by Crippen LogP contribution is -2.34. The summed E-state index contributed by atoms with van der Waals surface area (Å²) >= 11 is 0. The highest BCUT2D eigenvalue weighted by atomic mass is 19.1. The number of carbonyl (C=O) groups excluding carboxylic acids is 2. The minimum atomic E-state index is -0.868. The molecule has 0 saturated heterocycles. The smallest absolute Gasteiger partial charge is 0.289 e. The largest absolute Gasteiger partial charge is 0.345 e. The third-order valence-corrected chi connectivity index (χ3v) is 1.81. The highest BCUT2D eigenvalue weighted by molar-refractivity contribution is 6.36. The highest BCUT2D eigenvalue weighted by Gasteiger charge is 2.10. The summed E-state index contributed by atoms with van der Waals surface area (Å²) < 4.78 is 25.5. The summed E-state index contributed by atoms with van der Waals surface area (Å²) in [5.74, 6) is -3.13. The molecule has 0 heterocycles. The number of amides is 1. The van der Waals surface area contributed by atoms with E-state index in [9.17, 15) is 18.4 Å². The fraction of sp³-hybridized carbons (Fsp3) is 0.200. The number of hydrogen-bond donors (Lipinski definition) is 2. The molecule has 0 aliphatic heterocycles. The van der Waals surface area contributed by atoms with E-state index in [-0.39, 0.29) is 12.1 Å². The average Bonchev–Trinajstić information content (AvgIpc) is 2.23. The zero-order valence-corrected chi connectivity index (χ0v) is 8.30. The first-order chi connectivity index (χ1) is 7.52. The number of nitrogens with two attached hydrogens (primary N) is 1. The summed E-state index contributed by atoms with van der Waals surface area (Å²) in [4.78, 5) is 21.8. The maximum absolute atomic E-state index is 12.7. The first kappa shape index (κ1) is 12.3. The van der Waals surface area contributed by atoms with Crippen molar-refractivity contribution in [3.8, 4) is 0 Å². The SMILES string of the molecule is NCC(=O)C(=O)NCc1cc(F)cc(F)c1. The van der Waals surface area contributed by atoms with Crippen molar-refractivity contribution >= 4 is 11.7 Å². The molecule has 1 aromatic rings. The summed E-state index contributed by atoms with van der Waals surface area (Å²) in [6.45, 7) is -0.525. The van der Waals surface area contributed by atoms with Crippen LogP contribution in [0.4, 0.5) is 8.78 Å². The summed E-state index contributed by atoms with van der Waals surface area (Å²) in [5, 5.41) is 2.20. The van der Waals surface area contributed by atoms with Crippen LogP contribution in [0.15, 0.2) is 18.2 Å². The molecule has 3 N–H and O–H groups in total. The molecule has 0 unspecified atom stereocenters. The van der Waals surface area contributed by atoms with Gasteiger partial charge in [0.15, 0.2) is 0 Å². The van der Waals surface area contributed by atoms with Crippen molar-refractivity contribution in [2.24, 2.45) is 5.73 Å². The zero-order valence-electron chi connectivity index (χ0n) is 8.30. The van der Waals surface area contributed by atoms with Crippen molar-refractivity contribution in [3.63, 3.8) is 0 Å². The van der Waals surface area contributed by atoms with Gasteiger partial charge in [0.05, 0.1) is 6.54 Å². The molecule has 0 atom stereocenters. The van der Waals surface area contributed by atoms with Gasteiger partial charge in [0.1, 0.15) is 11.6 Å². The number of rotatable bonds is 4. The van der Waals surface area contributed by atoms with Gasteiger partial charge in [0, 0.05) is 12.6 Å². The van der Waals surface area contributed by atoms with E-state index < -0.39 is 29.9 Å². The quantitative estimate of drug-likeness (QED) is 0.718. The lowest BCUT2D eigenvalue weighted by atomic mass is 10.2. The topological polar surface area (TPSA) is 72.2 Å². The van der Waals surface area contributed by atoms with E-state index in [4.69, 9.17) is 5.73 Å². The third kappa shape index (κ3) is 3.39. The molecule has 6 heteroatoms. The van der Waals surface area contributed by atoms with Crippen LogP contribution in [0.1, 0.15) is 5.56 Å². The van der Waals surface area contributed by atoms with Crippen LogP contribution < -0.4 is 11.1 Å². The maximum Gasteiger partial charge on any atom is 0.289 e. The summed E-state index contributed by atoms with van der Waals surface area (Å²) in [7, 11) is 0. The number of benzene rings is 1. The van der Waals surface area contributed by atoms with Gasteiger partial charge in [0.25, 0.3) is 5.91 Å². The average molecular weight is 228 g/mol. The minimum absolute atomic E-state index is 0.126. The molecule has 0 aliphatic rings. The number of halogens is 2. The number of hydrogen-bond acceptors (Lipinski definition) is 3. The van der Waals surface area contributed by atoms with E-state index in [1.807, 2.05) is 0 Å². The van der Waals surface area contributed by atoms with Crippen LogP contribution in [0.3, 0.4) is 0 Å². The van der Waals surface area contributed by atoms with Crippen molar-refractivity contribution in [1.29, 1.82) is 0 Å². The van der Waals surface area contributed by atoms with Gasteiger partial charge in [-0.3, -0.25) is 9.59 Å². The molecule has 0 aliphatic carbocycles. The fourth-order valence-corrected chi connectivity index (χ4v) is 1.09. The molecule has 1 amide bonds. The molecule has 0 fully saturated rings. The van der Waals surface area contributed by atoms with Crippen molar-refractivity contribution < 1.29 is 18.4 Å². The van der Waals surface area contributed by atoms with E-state index in [1.54, 1.807) is 0 Å². The van der Waals surface area contributed by atoms with Crippen LogP contribution in [-0.4, -0.2) is 18.2 Å². The second-order valence-electron chi connectivity index (χ2n) is 3.09. The Labute approximate surface area is 90.4 Å². The number of ketones is 1. The van der Waals surface area contributed by atoms with E-state index in [1.165, 1.54) is 0 Å². The fourth-order valence-electron chi connectivity index (χ4n) is 1.09. The Morgan fingerprint density at radius 3 is 2.25 bits per heavy atom. The maximum atomic E-state index is 12.7. The van der Waals surface area contributed by atoms with Gasteiger partial charge in [-0.2, -0.15) is 0 Å². The van der Waals surface area contributed by atoms with Gasteiger partial charge in [-0.25, -0.2) is 8.78 Å². The van der Waals surface area contributed by atoms with Crippen LogP contribution in [0.5, 0.6) is 0 Å². The Kier molecular flexibility index (Phi) is 4.07.